The van der Waals surface area contributed by atoms with Crippen LogP contribution in [0.5, 0.6) is 0 Å². The normalized spacial score (nSPS) is 11.9. The number of benzene rings is 5. The Labute approximate surface area is 293 Å². The second kappa shape index (κ2) is 15.3. The van der Waals surface area contributed by atoms with E-state index in [1.807, 2.05) is 131 Å². The van der Waals surface area contributed by atoms with Gasteiger partial charge < -0.3 is 9.55 Å². The Morgan fingerprint density at radius 3 is 1.83 bits per heavy atom. The SMILES string of the molecule is Fc1ccc(-c2ccc(-c3[c-]cccc3)nc2)cc1.[2H]C(C)(C)c1cccc(C([2H])(C)C)c1-n1c(-c2[c-]cccc2)nc2ccccc21.[Ir]. The average Bonchev–Trinajstić information content (AvgIpc) is 3.48. The van der Waals surface area contributed by atoms with Gasteiger partial charge in [-0.2, -0.15) is 0 Å². The van der Waals surface area contributed by atoms with Crippen molar-refractivity contribution in [2.24, 2.45) is 0 Å². The van der Waals surface area contributed by atoms with Crippen LogP contribution in [0.4, 0.5) is 4.39 Å². The van der Waals surface area contributed by atoms with Gasteiger partial charge >= 0.3 is 0 Å². The first-order valence-electron chi connectivity index (χ1n) is 16.3. The van der Waals surface area contributed by atoms with E-state index in [1.165, 1.54) is 12.1 Å². The summed E-state index contributed by atoms with van der Waals surface area (Å²) < 4.78 is 32.6. The zero-order valence-corrected chi connectivity index (χ0v) is 29.1. The number of hydrogen-bond donors (Lipinski definition) is 0. The molecule has 0 amide bonds. The van der Waals surface area contributed by atoms with Crippen LogP contribution in [0.3, 0.4) is 0 Å². The quantitative estimate of drug-likeness (QED) is 0.157. The van der Waals surface area contributed by atoms with Crippen LogP contribution >= 0.6 is 0 Å². The predicted molar refractivity (Wildman–Crippen MR) is 187 cm³/mol. The molecule has 0 bridgehead atoms. The maximum atomic E-state index is 12.9. The summed E-state index contributed by atoms with van der Waals surface area (Å²) in [5.74, 6) is -1.12. The molecule has 5 heteroatoms. The summed E-state index contributed by atoms with van der Waals surface area (Å²) in [5, 5.41) is 0. The zero-order valence-electron chi connectivity index (χ0n) is 28.8. The fourth-order valence-electron chi connectivity index (χ4n) is 5.48. The van der Waals surface area contributed by atoms with Crippen LogP contribution in [0.25, 0.3) is 50.5 Å². The van der Waals surface area contributed by atoms with Gasteiger partial charge in [-0.1, -0.05) is 82.3 Å². The molecule has 0 atom stereocenters. The molecule has 0 aliphatic carbocycles. The third-order valence-corrected chi connectivity index (χ3v) is 7.77. The number of fused-ring (bicyclic) bond motifs is 1. The first-order chi connectivity index (χ1) is 23.0. The van der Waals surface area contributed by atoms with Crippen LogP contribution in [0.15, 0.2) is 134 Å². The van der Waals surface area contributed by atoms with Gasteiger partial charge in [-0.05, 0) is 64.0 Å². The standard InChI is InChI=1S/C25H25N2.C17H11FN.Ir/c1-17(2)20-13-10-14-21(18(3)4)24(20)27-23-16-9-8-15-22(23)26-25(27)19-11-6-5-7-12-19;18-16-9-6-13(7-10-16)15-8-11-17(19-12-15)14-4-2-1-3-5-14;/h5-11,13-18H,1-4H3;1-4,6-12H;/q2*-1;/i17D,18D;;. The summed E-state index contributed by atoms with van der Waals surface area (Å²) in [4.78, 5) is 9.34. The monoisotopic (exact) mass is 796 g/mol. The Morgan fingerprint density at radius 1 is 0.660 bits per heavy atom. The van der Waals surface area contributed by atoms with Crippen LogP contribution in [0.1, 0.15) is 53.4 Å². The van der Waals surface area contributed by atoms with Gasteiger partial charge in [-0.25, -0.2) is 4.39 Å². The largest absolute Gasteiger partial charge is 0.333 e. The molecule has 2 aromatic heterocycles. The Balaban J connectivity index is 0.000000203. The molecule has 0 unspecified atom stereocenters. The van der Waals surface area contributed by atoms with Gasteiger partial charge in [0.05, 0.1) is 16.9 Å². The molecule has 7 aromatic rings. The van der Waals surface area contributed by atoms with Crippen molar-refractivity contribution in [3.8, 4) is 39.5 Å². The summed E-state index contributed by atoms with van der Waals surface area (Å²) >= 11 is 0. The van der Waals surface area contributed by atoms with Crippen molar-refractivity contribution < 1.29 is 27.2 Å². The molecule has 3 nitrogen and oxygen atoms in total. The van der Waals surface area contributed by atoms with Crippen molar-refractivity contribution in [1.82, 2.24) is 14.5 Å². The molecule has 237 valence electrons. The minimum Gasteiger partial charge on any atom is -0.333 e. The smallest absolute Gasteiger partial charge is 0.123 e. The van der Waals surface area contributed by atoms with Crippen LogP contribution in [-0.2, 0) is 20.1 Å². The molecule has 0 aliphatic heterocycles. The molecule has 7 rings (SSSR count). The van der Waals surface area contributed by atoms with E-state index in [0.717, 1.165) is 61.6 Å². The number of hydrogen-bond acceptors (Lipinski definition) is 2. The molecular formula is C42H36FIrN3-2. The van der Waals surface area contributed by atoms with Gasteiger partial charge in [0, 0.05) is 34.7 Å². The number of halogens is 1. The van der Waals surface area contributed by atoms with E-state index in [9.17, 15) is 4.39 Å². The number of imidazole rings is 1. The summed E-state index contributed by atoms with van der Waals surface area (Å²) in [6.45, 7) is 7.56. The Hall–Kier alpha value is -4.70. The number of nitrogens with zero attached hydrogens (tertiary/aromatic N) is 3. The van der Waals surface area contributed by atoms with Gasteiger partial charge in [0.25, 0.3) is 0 Å². The molecule has 0 N–H and O–H groups in total. The Bertz CT molecular complexity index is 2100. The van der Waals surface area contributed by atoms with E-state index in [2.05, 4.69) is 21.7 Å². The molecule has 0 saturated carbocycles. The molecule has 2 heterocycles. The number of aromatic nitrogens is 3. The number of pyridine rings is 1. The molecule has 1 radical (unpaired) electrons. The van der Waals surface area contributed by atoms with Crippen molar-refractivity contribution in [3.63, 3.8) is 0 Å². The van der Waals surface area contributed by atoms with Gasteiger partial charge in [-0.15, -0.1) is 71.8 Å². The van der Waals surface area contributed by atoms with Crippen LogP contribution in [0.2, 0.25) is 0 Å². The second-order valence-corrected chi connectivity index (χ2v) is 11.5. The zero-order chi connectivity index (χ0) is 33.9. The van der Waals surface area contributed by atoms with E-state index >= 15 is 0 Å². The molecule has 0 saturated heterocycles. The van der Waals surface area contributed by atoms with Crippen molar-refractivity contribution in [3.05, 3.63) is 163 Å². The van der Waals surface area contributed by atoms with E-state index in [4.69, 9.17) is 7.73 Å². The third-order valence-electron chi connectivity index (χ3n) is 7.77. The Kier molecular flexibility index (Phi) is 10.0. The number of para-hydroxylation sites is 3. The fraction of sp³-hybridized carbons (Fsp3) is 0.143. The molecule has 5 aromatic carbocycles. The minimum atomic E-state index is -0.834. The molecular weight excluding hydrogens is 758 g/mol. The van der Waals surface area contributed by atoms with Gasteiger partial charge in [0.1, 0.15) is 5.82 Å². The summed E-state index contributed by atoms with van der Waals surface area (Å²) in [5.41, 5.74) is 9.11. The fourth-order valence-corrected chi connectivity index (χ4v) is 5.48. The van der Waals surface area contributed by atoms with Gasteiger partial charge in [-0.3, -0.25) is 4.98 Å². The predicted octanol–water partition coefficient (Wildman–Crippen LogP) is 11.1. The summed E-state index contributed by atoms with van der Waals surface area (Å²) in [6.07, 6.45) is 1.80. The van der Waals surface area contributed by atoms with E-state index in [1.54, 1.807) is 18.3 Å². The van der Waals surface area contributed by atoms with Crippen molar-refractivity contribution in [2.45, 2.75) is 39.5 Å². The maximum Gasteiger partial charge on any atom is 0.123 e. The minimum absolute atomic E-state index is 0. The van der Waals surface area contributed by atoms with Crippen molar-refractivity contribution >= 4 is 11.0 Å². The van der Waals surface area contributed by atoms with Crippen LogP contribution < -0.4 is 0 Å². The summed E-state index contributed by atoms with van der Waals surface area (Å²) in [7, 11) is 0. The summed E-state index contributed by atoms with van der Waals surface area (Å²) in [6, 6.07) is 46.3. The molecule has 47 heavy (non-hydrogen) atoms. The third kappa shape index (κ3) is 7.49. The van der Waals surface area contributed by atoms with Crippen molar-refractivity contribution in [1.29, 1.82) is 0 Å². The second-order valence-electron chi connectivity index (χ2n) is 11.5. The van der Waals surface area contributed by atoms with Gasteiger partial charge in [0.2, 0.25) is 0 Å². The van der Waals surface area contributed by atoms with E-state index in [0.29, 0.717) is 0 Å². The molecule has 0 aliphatic rings. The van der Waals surface area contributed by atoms with E-state index in [-0.39, 0.29) is 25.9 Å². The van der Waals surface area contributed by atoms with E-state index < -0.39 is 11.8 Å². The van der Waals surface area contributed by atoms with Crippen molar-refractivity contribution in [2.75, 3.05) is 0 Å². The van der Waals surface area contributed by atoms with Crippen LogP contribution in [-0.4, -0.2) is 14.5 Å². The average molecular weight is 796 g/mol. The number of rotatable bonds is 6. The topological polar surface area (TPSA) is 30.7 Å². The van der Waals surface area contributed by atoms with Gasteiger partial charge in [0.15, 0.2) is 0 Å². The Morgan fingerprint density at radius 2 is 1.26 bits per heavy atom. The first kappa shape index (κ1) is 30.9. The van der Waals surface area contributed by atoms with Crippen LogP contribution in [0, 0.1) is 17.9 Å². The molecule has 0 fully saturated rings. The first-order valence-corrected chi connectivity index (χ1v) is 15.3. The maximum absolute atomic E-state index is 12.9. The molecule has 0 spiro atoms.